The molecule has 0 aliphatic carbocycles. The molecular weight excluding hydrogens is 314 g/mol. The number of phenolic OH excluding ortho intramolecular Hbond substituents is 2. The van der Waals surface area contributed by atoms with E-state index in [0.717, 1.165) is 6.42 Å². The second-order valence-corrected chi connectivity index (χ2v) is 5.50. The molecule has 134 valence electrons. The van der Waals surface area contributed by atoms with Gasteiger partial charge in [-0.15, -0.1) is 0 Å². The Kier molecular flexibility index (Phi) is 8.00. The van der Waals surface area contributed by atoms with Crippen LogP contribution in [-0.2, 0) is 20.7 Å². The van der Waals surface area contributed by atoms with Gasteiger partial charge in [0.15, 0.2) is 11.5 Å². The van der Waals surface area contributed by atoms with Crippen LogP contribution in [0.1, 0.15) is 24.8 Å². The third-order valence-corrected chi connectivity index (χ3v) is 3.58. The molecule has 8 nitrogen and oxygen atoms in total. The monoisotopic (exact) mass is 339 g/mol. The molecule has 1 aromatic rings. The number of hydrogen-bond acceptors (Lipinski definition) is 7. The average Bonchev–Trinajstić information content (AvgIpc) is 2.56. The smallest absolute Gasteiger partial charge is 0.328 e. The Balaban J connectivity index is 2.64. The fraction of sp³-hybridized carbons (Fsp3) is 0.500. The van der Waals surface area contributed by atoms with E-state index in [1.54, 1.807) is 6.07 Å². The summed E-state index contributed by atoms with van der Waals surface area (Å²) in [6, 6.07) is 2.53. The van der Waals surface area contributed by atoms with Gasteiger partial charge in [0, 0.05) is 0 Å². The molecule has 0 unspecified atom stereocenters. The third kappa shape index (κ3) is 6.05. The fourth-order valence-corrected chi connectivity index (χ4v) is 2.21. The highest BCUT2D eigenvalue weighted by molar-refractivity contribution is 5.87. The van der Waals surface area contributed by atoms with Gasteiger partial charge in [-0.05, 0) is 49.9 Å². The minimum absolute atomic E-state index is 0.149. The van der Waals surface area contributed by atoms with Crippen molar-refractivity contribution in [3.63, 3.8) is 0 Å². The van der Waals surface area contributed by atoms with E-state index in [0.29, 0.717) is 24.9 Å². The zero-order valence-corrected chi connectivity index (χ0v) is 13.7. The maximum absolute atomic E-state index is 12.2. The molecule has 0 bridgehead atoms. The van der Waals surface area contributed by atoms with Crippen LogP contribution < -0.4 is 16.8 Å². The predicted molar refractivity (Wildman–Crippen MR) is 88.3 cm³/mol. The molecule has 0 fully saturated rings. The summed E-state index contributed by atoms with van der Waals surface area (Å²) < 4.78 is 4.68. The highest BCUT2D eigenvalue weighted by Crippen LogP contribution is 2.25. The summed E-state index contributed by atoms with van der Waals surface area (Å²) in [6.07, 6.45) is 1.98. The number of hydrogen-bond donors (Lipinski definition) is 5. The SMILES string of the molecule is COC(=O)[C@H](CCCCN)NC(=O)[C@@H](N)Cc1ccc(O)c(O)c1. The lowest BCUT2D eigenvalue weighted by atomic mass is 10.0. The van der Waals surface area contributed by atoms with E-state index in [1.807, 2.05) is 0 Å². The molecular formula is C16H25N3O5. The number of phenols is 2. The Hall–Kier alpha value is -2.32. The highest BCUT2D eigenvalue weighted by atomic mass is 16.5. The van der Waals surface area contributed by atoms with E-state index < -0.39 is 24.0 Å². The lowest BCUT2D eigenvalue weighted by Crippen LogP contribution is -2.49. The maximum Gasteiger partial charge on any atom is 0.328 e. The van der Waals surface area contributed by atoms with Gasteiger partial charge in [-0.1, -0.05) is 6.07 Å². The Morgan fingerprint density at radius 2 is 1.96 bits per heavy atom. The Bertz CT molecular complexity index is 565. The predicted octanol–water partition coefficient (Wildman–Crippen LogP) is -0.246. The van der Waals surface area contributed by atoms with Crippen LogP contribution in [0.15, 0.2) is 18.2 Å². The molecule has 0 aliphatic heterocycles. The first-order chi connectivity index (χ1) is 11.4. The van der Waals surface area contributed by atoms with Crippen molar-refractivity contribution in [2.45, 2.75) is 37.8 Å². The van der Waals surface area contributed by atoms with Crippen LogP contribution in [0.3, 0.4) is 0 Å². The fourth-order valence-electron chi connectivity index (χ4n) is 2.21. The zero-order chi connectivity index (χ0) is 18.1. The number of carbonyl (C=O) groups excluding carboxylic acids is 2. The van der Waals surface area contributed by atoms with Gasteiger partial charge in [0.25, 0.3) is 0 Å². The van der Waals surface area contributed by atoms with Gasteiger partial charge in [-0.2, -0.15) is 0 Å². The van der Waals surface area contributed by atoms with Crippen molar-refractivity contribution in [2.75, 3.05) is 13.7 Å². The summed E-state index contributed by atoms with van der Waals surface area (Å²) >= 11 is 0. The van der Waals surface area contributed by atoms with Crippen molar-refractivity contribution < 1.29 is 24.5 Å². The van der Waals surface area contributed by atoms with E-state index in [4.69, 9.17) is 11.5 Å². The molecule has 1 aromatic carbocycles. The molecule has 0 saturated carbocycles. The van der Waals surface area contributed by atoms with Crippen LogP contribution in [0.2, 0.25) is 0 Å². The molecule has 2 atom stereocenters. The number of methoxy groups -OCH3 is 1. The molecule has 0 saturated heterocycles. The van der Waals surface area contributed by atoms with Crippen molar-refractivity contribution in [3.05, 3.63) is 23.8 Å². The van der Waals surface area contributed by atoms with Gasteiger partial charge in [-0.25, -0.2) is 4.79 Å². The summed E-state index contributed by atoms with van der Waals surface area (Å²) in [5, 5.41) is 21.3. The molecule has 1 amide bonds. The zero-order valence-electron chi connectivity index (χ0n) is 13.7. The van der Waals surface area contributed by atoms with E-state index >= 15 is 0 Å². The van der Waals surface area contributed by atoms with Crippen molar-refractivity contribution in [3.8, 4) is 11.5 Å². The normalized spacial score (nSPS) is 13.1. The number of esters is 1. The molecule has 0 spiro atoms. The van der Waals surface area contributed by atoms with Gasteiger partial charge in [0.05, 0.1) is 13.2 Å². The van der Waals surface area contributed by atoms with E-state index in [1.165, 1.54) is 19.2 Å². The first-order valence-corrected chi connectivity index (χ1v) is 7.73. The van der Waals surface area contributed by atoms with Crippen molar-refractivity contribution in [2.24, 2.45) is 11.5 Å². The quantitative estimate of drug-likeness (QED) is 0.237. The molecule has 0 heterocycles. The van der Waals surface area contributed by atoms with E-state index in [2.05, 4.69) is 10.1 Å². The van der Waals surface area contributed by atoms with Crippen molar-refractivity contribution >= 4 is 11.9 Å². The number of unbranched alkanes of at least 4 members (excludes halogenated alkanes) is 1. The lowest BCUT2D eigenvalue weighted by Gasteiger charge is -2.19. The molecule has 7 N–H and O–H groups in total. The maximum atomic E-state index is 12.2. The number of amides is 1. The average molecular weight is 339 g/mol. The molecule has 24 heavy (non-hydrogen) atoms. The number of benzene rings is 1. The van der Waals surface area contributed by atoms with Gasteiger partial charge in [0.1, 0.15) is 6.04 Å². The van der Waals surface area contributed by atoms with Gasteiger partial charge >= 0.3 is 5.97 Å². The lowest BCUT2D eigenvalue weighted by molar-refractivity contribution is -0.145. The second kappa shape index (κ2) is 9.74. The summed E-state index contributed by atoms with van der Waals surface area (Å²) in [7, 11) is 1.25. The summed E-state index contributed by atoms with van der Waals surface area (Å²) in [6.45, 7) is 0.506. The van der Waals surface area contributed by atoms with Gasteiger partial charge < -0.3 is 31.7 Å². The number of nitrogens with one attached hydrogen (secondary N) is 1. The number of rotatable bonds is 9. The number of nitrogens with two attached hydrogens (primary N) is 2. The molecule has 0 aliphatic rings. The Morgan fingerprint density at radius 1 is 1.25 bits per heavy atom. The van der Waals surface area contributed by atoms with Crippen molar-refractivity contribution in [1.29, 1.82) is 0 Å². The molecule has 8 heteroatoms. The van der Waals surface area contributed by atoms with Crippen LogP contribution in [0, 0.1) is 0 Å². The highest BCUT2D eigenvalue weighted by Gasteiger charge is 2.24. The second-order valence-electron chi connectivity index (χ2n) is 5.50. The largest absolute Gasteiger partial charge is 0.504 e. The van der Waals surface area contributed by atoms with Crippen molar-refractivity contribution in [1.82, 2.24) is 5.32 Å². The van der Waals surface area contributed by atoms with Crippen LogP contribution in [0.5, 0.6) is 11.5 Å². The summed E-state index contributed by atoms with van der Waals surface area (Å²) in [5.74, 6) is -1.56. The standard InChI is InChI=1S/C16H25N3O5/c1-24-16(23)12(4-2-3-7-17)19-15(22)11(18)8-10-5-6-13(20)14(21)9-10/h5-6,9,11-12,20-21H,2-4,7-8,17-18H2,1H3,(H,19,22)/t11-,12-/m0/s1. The third-order valence-electron chi connectivity index (χ3n) is 3.58. The number of ether oxygens (including phenoxy) is 1. The van der Waals surface area contributed by atoms with Crippen LogP contribution >= 0.6 is 0 Å². The van der Waals surface area contributed by atoms with Gasteiger partial charge in [-0.3, -0.25) is 4.79 Å². The Morgan fingerprint density at radius 3 is 2.54 bits per heavy atom. The minimum Gasteiger partial charge on any atom is -0.504 e. The van der Waals surface area contributed by atoms with Crippen LogP contribution in [0.4, 0.5) is 0 Å². The summed E-state index contributed by atoms with van der Waals surface area (Å²) in [4.78, 5) is 23.9. The first-order valence-electron chi connectivity index (χ1n) is 7.73. The number of carbonyl (C=O) groups is 2. The molecule has 1 rings (SSSR count). The topological polar surface area (TPSA) is 148 Å². The van der Waals surface area contributed by atoms with E-state index in [-0.39, 0.29) is 17.9 Å². The van der Waals surface area contributed by atoms with Crippen LogP contribution in [0.25, 0.3) is 0 Å². The summed E-state index contributed by atoms with van der Waals surface area (Å²) in [5.41, 5.74) is 11.9. The van der Waals surface area contributed by atoms with Crippen LogP contribution in [-0.4, -0.2) is 47.8 Å². The van der Waals surface area contributed by atoms with E-state index in [9.17, 15) is 19.8 Å². The number of aromatic hydroxyl groups is 2. The first kappa shape index (κ1) is 19.7. The molecule has 0 radical (unpaired) electrons. The minimum atomic E-state index is -0.907. The van der Waals surface area contributed by atoms with Gasteiger partial charge in [0.2, 0.25) is 5.91 Å². The molecule has 0 aromatic heterocycles. The Labute approximate surface area is 140 Å².